The van der Waals surface area contributed by atoms with E-state index in [1.165, 1.54) is 11.3 Å². The Morgan fingerprint density at radius 2 is 1.67 bits per heavy atom. The van der Waals surface area contributed by atoms with Gasteiger partial charge in [-0.1, -0.05) is 74.7 Å². The van der Waals surface area contributed by atoms with Crippen molar-refractivity contribution in [2.24, 2.45) is 4.99 Å². The molecule has 5 rings (SSSR count). The average molecular weight is 757 g/mol. The number of fused-ring (bicyclic) bond motifs is 1. The maximum absolute atomic E-state index is 14.2. The van der Waals surface area contributed by atoms with E-state index in [-0.39, 0.29) is 12.2 Å². The number of carbonyl (C=O) groups is 1. The fourth-order valence-corrected chi connectivity index (χ4v) is 6.78. The number of benzene rings is 3. The van der Waals surface area contributed by atoms with Crippen molar-refractivity contribution in [2.45, 2.75) is 39.3 Å². The minimum atomic E-state index is -0.791. The Balaban J connectivity index is 1.61. The van der Waals surface area contributed by atoms with Crippen molar-refractivity contribution >= 4 is 55.2 Å². The summed E-state index contributed by atoms with van der Waals surface area (Å²) in [6, 6.07) is 18.2. The van der Waals surface area contributed by atoms with Crippen LogP contribution in [0.25, 0.3) is 6.08 Å². The molecule has 4 aromatic rings. The zero-order valence-corrected chi connectivity index (χ0v) is 29.3. The summed E-state index contributed by atoms with van der Waals surface area (Å²) in [6.07, 6.45) is 3.10. The van der Waals surface area contributed by atoms with Crippen molar-refractivity contribution in [2.75, 3.05) is 20.8 Å². The molecule has 8 nitrogen and oxygen atoms in total. The molecule has 0 bridgehead atoms. The first-order chi connectivity index (χ1) is 21.8. The van der Waals surface area contributed by atoms with Crippen LogP contribution >= 0.6 is 43.2 Å². The van der Waals surface area contributed by atoms with Gasteiger partial charge in [-0.2, -0.15) is 0 Å². The van der Waals surface area contributed by atoms with E-state index in [4.69, 9.17) is 23.9 Å². The number of allylic oxidation sites excluding steroid dienone is 1. The molecular formula is C34H32Br2N2O6S. The number of hydrogen-bond donors (Lipinski definition) is 0. The molecule has 1 atom stereocenters. The summed E-state index contributed by atoms with van der Waals surface area (Å²) in [6.45, 7) is 4.35. The second kappa shape index (κ2) is 14.6. The topological polar surface area (TPSA) is 88.4 Å². The Morgan fingerprint density at radius 3 is 2.36 bits per heavy atom. The third-order valence-electron chi connectivity index (χ3n) is 7.17. The number of carbonyl (C=O) groups excluding carboxylic acids is 1. The molecule has 11 heteroatoms. The lowest BCUT2D eigenvalue weighted by Gasteiger charge is -2.27. The Labute approximate surface area is 281 Å². The van der Waals surface area contributed by atoms with Crippen LogP contribution in [0.1, 0.15) is 49.4 Å². The van der Waals surface area contributed by atoms with Crippen LogP contribution in [0.4, 0.5) is 0 Å². The van der Waals surface area contributed by atoms with Gasteiger partial charge < -0.3 is 18.9 Å². The lowest BCUT2D eigenvalue weighted by Crippen LogP contribution is -2.40. The van der Waals surface area contributed by atoms with E-state index >= 15 is 0 Å². The molecular weight excluding hydrogens is 724 g/mol. The molecule has 0 saturated heterocycles. The number of halogens is 2. The van der Waals surface area contributed by atoms with Gasteiger partial charge in [-0.25, -0.2) is 9.79 Å². The monoisotopic (exact) mass is 754 g/mol. The van der Waals surface area contributed by atoms with Crippen LogP contribution in [0, 0.1) is 0 Å². The molecule has 1 aliphatic heterocycles. The molecule has 0 amide bonds. The van der Waals surface area contributed by atoms with E-state index in [0.717, 1.165) is 26.5 Å². The Kier molecular flexibility index (Phi) is 10.6. The third kappa shape index (κ3) is 7.10. The van der Waals surface area contributed by atoms with Crippen molar-refractivity contribution < 1.29 is 23.7 Å². The number of methoxy groups -OCH3 is 2. The molecule has 2 heterocycles. The van der Waals surface area contributed by atoms with Gasteiger partial charge in [0.25, 0.3) is 5.56 Å². The first kappa shape index (κ1) is 32.7. The number of esters is 1. The molecule has 0 fully saturated rings. The fourth-order valence-electron chi connectivity index (χ4n) is 5.12. The van der Waals surface area contributed by atoms with Crippen molar-refractivity contribution in [1.82, 2.24) is 4.57 Å². The maximum atomic E-state index is 14.2. The van der Waals surface area contributed by atoms with Crippen LogP contribution in [0.2, 0.25) is 0 Å². The number of aromatic nitrogens is 1. The van der Waals surface area contributed by atoms with E-state index in [1.807, 2.05) is 67.6 Å². The molecule has 0 aliphatic carbocycles. The number of thiazole rings is 1. The molecule has 0 spiro atoms. The van der Waals surface area contributed by atoms with E-state index in [9.17, 15) is 9.59 Å². The standard InChI is InChI=1S/C34H32Br2N2O6S/c1-5-7-25-30(33(40)43-6-2)31(24-18-23(36)13-15-26(24)41-3)38-32(39)29(45-34(38)37-25)17-21-10-14-27(28(16-21)42-4)44-19-20-8-11-22(35)12-9-20/h8-18,31H,5-7,19H2,1-4H3/b29-17+/t31-/m0/s1. The number of ether oxygens (including phenoxy) is 4. The first-order valence-corrected chi connectivity index (χ1v) is 16.8. The molecule has 234 valence electrons. The Hall–Kier alpha value is -3.67. The predicted octanol–water partition coefficient (Wildman–Crippen LogP) is 6.70. The molecule has 45 heavy (non-hydrogen) atoms. The number of rotatable bonds is 11. The zero-order valence-electron chi connectivity index (χ0n) is 25.3. The van der Waals surface area contributed by atoms with Crippen molar-refractivity contribution in [3.8, 4) is 17.2 Å². The summed E-state index contributed by atoms with van der Waals surface area (Å²) < 4.78 is 26.7. The highest BCUT2D eigenvalue weighted by molar-refractivity contribution is 9.10. The molecule has 0 N–H and O–H groups in total. The molecule has 0 saturated carbocycles. The average Bonchev–Trinajstić information content (AvgIpc) is 3.34. The largest absolute Gasteiger partial charge is 0.496 e. The van der Waals surface area contributed by atoms with Crippen LogP contribution in [0.15, 0.2) is 90.7 Å². The van der Waals surface area contributed by atoms with Crippen LogP contribution in [-0.2, 0) is 16.1 Å². The van der Waals surface area contributed by atoms with Crippen LogP contribution in [0.5, 0.6) is 17.2 Å². The van der Waals surface area contributed by atoms with E-state index in [1.54, 1.807) is 31.8 Å². The lowest BCUT2D eigenvalue weighted by molar-refractivity contribution is -0.139. The third-order valence-corrected chi connectivity index (χ3v) is 9.18. The highest BCUT2D eigenvalue weighted by Crippen LogP contribution is 2.38. The second-order valence-corrected chi connectivity index (χ2v) is 13.0. The van der Waals surface area contributed by atoms with Gasteiger partial charge in [0.2, 0.25) is 0 Å². The van der Waals surface area contributed by atoms with Crippen molar-refractivity contribution in [1.29, 1.82) is 0 Å². The minimum absolute atomic E-state index is 0.194. The Morgan fingerprint density at radius 1 is 0.956 bits per heavy atom. The molecule has 3 aromatic carbocycles. The van der Waals surface area contributed by atoms with E-state index in [0.29, 0.717) is 56.4 Å². The normalized spacial score (nSPS) is 14.5. The summed E-state index contributed by atoms with van der Waals surface area (Å²) >= 11 is 8.27. The van der Waals surface area contributed by atoms with E-state index in [2.05, 4.69) is 31.9 Å². The zero-order chi connectivity index (χ0) is 32.1. The van der Waals surface area contributed by atoms with Gasteiger partial charge >= 0.3 is 5.97 Å². The number of nitrogens with zero attached hydrogens (tertiary/aromatic N) is 2. The van der Waals surface area contributed by atoms with Gasteiger partial charge in [-0.3, -0.25) is 9.36 Å². The number of hydrogen-bond acceptors (Lipinski definition) is 8. The van der Waals surface area contributed by atoms with Gasteiger partial charge in [-0.05, 0) is 73.0 Å². The van der Waals surface area contributed by atoms with Gasteiger partial charge in [0, 0.05) is 14.5 Å². The second-order valence-electron chi connectivity index (χ2n) is 10.1. The van der Waals surface area contributed by atoms with Gasteiger partial charge in [0.1, 0.15) is 18.4 Å². The molecule has 0 radical (unpaired) electrons. The van der Waals surface area contributed by atoms with Crippen LogP contribution in [-0.4, -0.2) is 31.4 Å². The van der Waals surface area contributed by atoms with Crippen LogP contribution < -0.4 is 29.1 Å². The summed E-state index contributed by atoms with van der Waals surface area (Å²) in [5.74, 6) is 1.17. The first-order valence-electron chi connectivity index (χ1n) is 14.4. The minimum Gasteiger partial charge on any atom is -0.496 e. The fraction of sp³-hybridized carbons (Fsp3) is 0.265. The summed E-state index contributed by atoms with van der Waals surface area (Å²) in [7, 11) is 3.15. The summed E-state index contributed by atoms with van der Waals surface area (Å²) in [5, 5.41) is 0. The smallest absolute Gasteiger partial charge is 0.338 e. The maximum Gasteiger partial charge on any atom is 0.338 e. The molecule has 0 unspecified atom stereocenters. The summed E-state index contributed by atoms with van der Waals surface area (Å²) in [4.78, 5) is 33.0. The Bertz CT molecular complexity index is 1930. The van der Waals surface area contributed by atoms with Gasteiger partial charge in [0.15, 0.2) is 16.3 Å². The SMILES string of the molecule is CCCC1=C(C(=O)OCC)[C@H](c2cc(Br)ccc2OC)n2c(s/c(=C/c3ccc(OCc4ccc(Br)cc4)c(OC)c3)c2=O)=N1. The van der Waals surface area contributed by atoms with E-state index < -0.39 is 12.0 Å². The molecule has 1 aliphatic rings. The predicted molar refractivity (Wildman–Crippen MR) is 182 cm³/mol. The van der Waals surface area contributed by atoms with Crippen molar-refractivity contribution in [3.05, 3.63) is 117 Å². The van der Waals surface area contributed by atoms with Gasteiger partial charge in [-0.15, -0.1) is 0 Å². The molecule has 1 aromatic heterocycles. The van der Waals surface area contributed by atoms with Crippen molar-refractivity contribution in [3.63, 3.8) is 0 Å². The highest BCUT2D eigenvalue weighted by atomic mass is 79.9. The quantitative estimate of drug-likeness (QED) is 0.159. The van der Waals surface area contributed by atoms with Crippen LogP contribution in [0.3, 0.4) is 0 Å². The van der Waals surface area contributed by atoms with Gasteiger partial charge in [0.05, 0.1) is 36.6 Å². The highest BCUT2D eigenvalue weighted by Gasteiger charge is 2.36. The summed E-state index contributed by atoms with van der Waals surface area (Å²) in [5.41, 5.74) is 3.08. The lowest BCUT2D eigenvalue weighted by atomic mass is 9.93.